The standard InChI is InChI=1S/C21H20F2N4O3/c22-14-8-10-15(11-9-14)29-13-19-25-20(26-30-19)18-7-3-4-12-27(18)21(28)24-17-6-2-1-5-16(17)23/h1-2,5-6,8-11,18H,3-4,7,12-13H2,(H,24,28). The Kier molecular flexibility index (Phi) is 5.87. The van der Waals surface area contributed by atoms with Crippen molar-refractivity contribution in [3.05, 3.63) is 71.9 Å². The van der Waals surface area contributed by atoms with Gasteiger partial charge < -0.3 is 19.5 Å². The van der Waals surface area contributed by atoms with Crippen molar-refractivity contribution in [2.75, 3.05) is 11.9 Å². The summed E-state index contributed by atoms with van der Waals surface area (Å²) >= 11 is 0. The van der Waals surface area contributed by atoms with E-state index in [1.807, 2.05) is 0 Å². The smallest absolute Gasteiger partial charge is 0.322 e. The molecule has 1 fully saturated rings. The van der Waals surface area contributed by atoms with Gasteiger partial charge in [0.05, 0.1) is 11.7 Å². The Bertz CT molecular complexity index is 1010. The van der Waals surface area contributed by atoms with E-state index in [-0.39, 0.29) is 30.0 Å². The molecule has 0 bridgehead atoms. The number of halogens is 2. The fourth-order valence-electron chi connectivity index (χ4n) is 3.33. The summed E-state index contributed by atoms with van der Waals surface area (Å²) in [6.45, 7) is 0.522. The third-order valence-corrected chi connectivity index (χ3v) is 4.84. The molecule has 1 unspecified atom stereocenters. The molecule has 2 heterocycles. The highest BCUT2D eigenvalue weighted by Gasteiger charge is 2.32. The molecule has 1 aliphatic rings. The number of piperidine rings is 1. The third kappa shape index (κ3) is 4.56. The van der Waals surface area contributed by atoms with E-state index in [9.17, 15) is 13.6 Å². The number of nitrogens with zero attached hydrogens (tertiary/aromatic N) is 3. The van der Waals surface area contributed by atoms with Gasteiger partial charge in [0, 0.05) is 6.54 Å². The number of anilines is 1. The summed E-state index contributed by atoms with van der Waals surface area (Å²) < 4.78 is 37.6. The summed E-state index contributed by atoms with van der Waals surface area (Å²) in [6, 6.07) is 10.8. The van der Waals surface area contributed by atoms with Gasteiger partial charge in [0.15, 0.2) is 12.4 Å². The van der Waals surface area contributed by atoms with Crippen LogP contribution in [-0.4, -0.2) is 27.6 Å². The summed E-state index contributed by atoms with van der Waals surface area (Å²) in [5, 5.41) is 6.61. The average Bonchev–Trinajstić information content (AvgIpc) is 3.24. The largest absolute Gasteiger partial charge is 0.484 e. The van der Waals surface area contributed by atoms with Crippen LogP contribution in [0, 0.1) is 11.6 Å². The predicted molar refractivity (Wildman–Crippen MR) is 104 cm³/mol. The Morgan fingerprint density at radius 2 is 1.97 bits per heavy atom. The number of hydrogen-bond acceptors (Lipinski definition) is 5. The molecule has 0 aliphatic carbocycles. The summed E-state index contributed by atoms with van der Waals surface area (Å²) in [5.41, 5.74) is 0.119. The van der Waals surface area contributed by atoms with E-state index in [4.69, 9.17) is 9.26 Å². The monoisotopic (exact) mass is 414 g/mol. The number of nitrogens with one attached hydrogen (secondary N) is 1. The zero-order chi connectivity index (χ0) is 20.9. The van der Waals surface area contributed by atoms with Crippen LogP contribution in [0.2, 0.25) is 0 Å². The van der Waals surface area contributed by atoms with Gasteiger partial charge in [-0.15, -0.1) is 0 Å². The zero-order valence-electron chi connectivity index (χ0n) is 16.1. The number of hydrogen-bond donors (Lipinski definition) is 1. The molecule has 2 aromatic carbocycles. The van der Waals surface area contributed by atoms with Crippen LogP contribution in [0.5, 0.6) is 5.75 Å². The van der Waals surface area contributed by atoms with E-state index in [2.05, 4.69) is 15.5 Å². The summed E-state index contributed by atoms with van der Waals surface area (Å²) in [6.07, 6.45) is 2.41. The minimum atomic E-state index is -0.501. The van der Waals surface area contributed by atoms with Crippen LogP contribution < -0.4 is 10.1 Å². The zero-order valence-corrected chi connectivity index (χ0v) is 16.1. The van der Waals surface area contributed by atoms with E-state index in [0.29, 0.717) is 24.5 Å². The van der Waals surface area contributed by atoms with Gasteiger partial charge in [0.1, 0.15) is 17.4 Å². The first-order valence-electron chi connectivity index (χ1n) is 9.63. The van der Waals surface area contributed by atoms with Gasteiger partial charge >= 0.3 is 6.03 Å². The average molecular weight is 414 g/mol. The normalized spacial score (nSPS) is 16.3. The van der Waals surface area contributed by atoms with Gasteiger partial charge in [0.25, 0.3) is 5.89 Å². The van der Waals surface area contributed by atoms with Crippen molar-refractivity contribution in [3.63, 3.8) is 0 Å². The van der Waals surface area contributed by atoms with Crippen molar-refractivity contribution in [2.24, 2.45) is 0 Å². The maximum atomic E-state index is 13.9. The van der Waals surface area contributed by atoms with Crippen LogP contribution in [0.25, 0.3) is 0 Å². The number of aromatic nitrogens is 2. The highest BCUT2D eigenvalue weighted by atomic mass is 19.1. The first-order valence-corrected chi connectivity index (χ1v) is 9.63. The van der Waals surface area contributed by atoms with Crippen LogP contribution in [0.1, 0.15) is 37.0 Å². The van der Waals surface area contributed by atoms with Crippen molar-refractivity contribution in [1.29, 1.82) is 0 Å². The number of rotatable bonds is 5. The molecule has 1 saturated heterocycles. The van der Waals surface area contributed by atoms with E-state index >= 15 is 0 Å². The molecule has 1 N–H and O–H groups in total. The first kappa shape index (κ1) is 19.8. The Hall–Kier alpha value is -3.49. The molecule has 2 amide bonds. The van der Waals surface area contributed by atoms with Crippen LogP contribution in [0.15, 0.2) is 53.1 Å². The molecule has 0 spiro atoms. The van der Waals surface area contributed by atoms with E-state index in [0.717, 1.165) is 12.8 Å². The third-order valence-electron chi connectivity index (χ3n) is 4.84. The number of amides is 2. The molecule has 7 nitrogen and oxygen atoms in total. The van der Waals surface area contributed by atoms with Gasteiger partial charge in [-0.1, -0.05) is 17.3 Å². The number of carbonyl (C=O) groups is 1. The molecular weight excluding hydrogens is 394 g/mol. The second-order valence-corrected chi connectivity index (χ2v) is 6.90. The van der Waals surface area contributed by atoms with E-state index in [1.165, 1.54) is 36.4 Å². The minimum absolute atomic E-state index is 0.0206. The lowest BCUT2D eigenvalue weighted by atomic mass is 10.0. The molecule has 0 saturated carbocycles. The molecular formula is C21H20F2N4O3. The van der Waals surface area contributed by atoms with E-state index < -0.39 is 11.8 Å². The van der Waals surface area contributed by atoms with Gasteiger partial charge in [-0.25, -0.2) is 13.6 Å². The lowest BCUT2D eigenvalue weighted by Gasteiger charge is -2.33. The lowest BCUT2D eigenvalue weighted by molar-refractivity contribution is 0.157. The van der Waals surface area contributed by atoms with Gasteiger partial charge in [0.2, 0.25) is 0 Å². The molecule has 156 valence electrons. The van der Waals surface area contributed by atoms with Crippen LogP contribution in [-0.2, 0) is 6.61 Å². The highest BCUT2D eigenvalue weighted by molar-refractivity contribution is 5.89. The Balaban J connectivity index is 1.43. The number of benzene rings is 2. The van der Waals surface area contributed by atoms with Crippen molar-refractivity contribution in [3.8, 4) is 5.75 Å². The number of para-hydroxylation sites is 1. The van der Waals surface area contributed by atoms with Crippen LogP contribution >= 0.6 is 0 Å². The van der Waals surface area contributed by atoms with E-state index in [1.54, 1.807) is 17.0 Å². The molecule has 4 rings (SSSR count). The molecule has 0 radical (unpaired) electrons. The number of ether oxygens (including phenoxy) is 1. The topological polar surface area (TPSA) is 80.5 Å². The molecule has 1 aliphatic heterocycles. The van der Waals surface area contributed by atoms with Gasteiger partial charge in [-0.05, 0) is 55.7 Å². The Morgan fingerprint density at radius 3 is 2.77 bits per heavy atom. The summed E-state index contributed by atoms with van der Waals surface area (Å²) in [4.78, 5) is 18.7. The molecule has 1 aromatic heterocycles. The van der Waals surface area contributed by atoms with Crippen molar-refractivity contribution in [2.45, 2.75) is 31.9 Å². The minimum Gasteiger partial charge on any atom is -0.484 e. The Labute approximate surface area is 171 Å². The van der Waals surface area contributed by atoms with Crippen molar-refractivity contribution < 1.29 is 22.8 Å². The number of carbonyl (C=O) groups excluding carboxylic acids is 1. The van der Waals surface area contributed by atoms with Crippen molar-refractivity contribution >= 4 is 11.7 Å². The molecule has 1 atom stereocenters. The maximum absolute atomic E-state index is 13.9. The van der Waals surface area contributed by atoms with Gasteiger partial charge in [-0.2, -0.15) is 4.98 Å². The highest BCUT2D eigenvalue weighted by Crippen LogP contribution is 2.30. The SMILES string of the molecule is O=C(Nc1ccccc1F)N1CCCCC1c1noc(COc2ccc(F)cc2)n1. The van der Waals surface area contributed by atoms with Crippen LogP contribution in [0.3, 0.4) is 0 Å². The number of urea groups is 1. The first-order chi connectivity index (χ1) is 14.6. The quantitative estimate of drug-likeness (QED) is 0.655. The fraction of sp³-hybridized carbons (Fsp3) is 0.286. The summed E-state index contributed by atoms with van der Waals surface area (Å²) in [5.74, 6) is 0.234. The Morgan fingerprint density at radius 1 is 1.17 bits per heavy atom. The maximum Gasteiger partial charge on any atom is 0.322 e. The van der Waals surface area contributed by atoms with Crippen molar-refractivity contribution in [1.82, 2.24) is 15.0 Å². The fourth-order valence-corrected chi connectivity index (χ4v) is 3.33. The van der Waals surface area contributed by atoms with Crippen LogP contribution in [0.4, 0.5) is 19.3 Å². The second-order valence-electron chi connectivity index (χ2n) is 6.90. The summed E-state index contributed by atoms with van der Waals surface area (Å²) in [7, 11) is 0. The molecule has 30 heavy (non-hydrogen) atoms. The van der Waals surface area contributed by atoms with Gasteiger partial charge in [-0.3, -0.25) is 0 Å². The molecule has 3 aromatic rings. The number of likely N-dealkylation sites (tertiary alicyclic amines) is 1. The lowest BCUT2D eigenvalue weighted by Crippen LogP contribution is -2.41. The second kappa shape index (κ2) is 8.89. The molecule has 9 heteroatoms. The predicted octanol–water partition coefficient (Wildman–Crippen LogP) is 4.69.